The first-order chi connectivity index (χ1) is 12.7. The molecule has 1 aliphatic carbocycles. The van der Waals surface area contributed by atoms with Crippen LogP contribution in [0, 0.1) is 6.92 Å². The van der Waals surface area contributed by atoms with Gasteiger partial charge >= 0.3 is 0 Å². The summed E-state index contributed by atoms with van der Waals surface area (Å²) in [6.07, 6.45) is 10.4. The Bertz CT molecular complexity index is 765. The molecule has 1 aliphatic rings. The van der Waals surface area contributed by atoms with Crippen molar-refractivity contribution in [1.82, 2.24) is 15.6 Å². The number of rotatable bonds is 6. The number of oxazole rings is 1. The first kappa shape index (κ1) is 21.5. The van der Waals surface area contributed by atoms with Crippen LogP contribution in [0.5, 0.6) is 0 Å². The second kappa shape index (κ2) is 11.1. The number of hydrogen-bond donors (Lipinski definition) is 2. The molecule has 0 spiro atoms. The van der Waals surface area contributed by atoms with Crippen molar-refractivity contribution in [3.8, 4) is 11.3 Å². The highest BCUT2D eigenvalue weighted by molar-refractivity contribution is 14.0. The monoisotopic (exact) mass is 480 g/mol. The van der Waals surface area contributed by atoms with E-state index in [0.29, 0.717) is 12.4 Å². The normalized spacial score (nSPS) is 14.3. The van der Waals surface area contributed by atoms with Gasteiger partial charge in [-0.1, -0.05) is 41.5 Å². The first-order valence-corrected chi connectivity index (χ1v) is 9.39. The van der Waals surface area contributed by atoms with E-state index in [9.17, 15) is 0 Å². The van der Waals surface area contributed by atoms with E-state index in [1.54, 1.807) is 18.8 Å². The van der Waals surface area contributed by atoms with Crippen molar-refractivity contribution in [2.24, 2.45) is 4.99 Å². The second-order valence-electron chi connectivity index (χ2n) is 6.69. The molecule has 0 saturated heterocycles. The van der Waals surface area contributed by atoms with Crippen molar-refractivity contribution < 1.29 is 4.42 Å². The third kappa shape index (κ3) is 6.68. The summed E-state index contributed by atoms with van der Waals surface area (Å²) >= 11 is 0. The van der Waals surface area contributed by atoms with Gasteiger partial charge in [0.1, 0.15) is 0 Å². The molecular formula is C21H29IN4O. The van der Waals surface area contributed by atoms with Gasteiger partial charge in [-0.2, -0.15) is 0 Å². The zero-order valence-electron chi connectivity index (χ0n) is 16.1. The molecule has 1 heterocycles. The molecule has 27 heavy (non-hydrogen) atoms. The van der Waals surface area contributed by atoms with Gasteiger partial charge in [0.2, 0.25) is 5.89 Å². The quantitative estimate of drug-likeness (QED) is 0.269. The van der Waals surface area contributed by atoms with Gasteiger partial charge in [-0.3, -0.25) is 4.99 Å². The van der Waals surface area contributed by atoms with Crippen LogP contribution in [0.3, 0.4) is 0 Å². The lowest BCUT2D eigenvalue weighted by molar-refractivity contribution is 0.497. The van der Waals surface area contributed by atoms with Gasteiger partial charge in [0.25, 0.3) is 0 Å². The van der Waals surface area contributed by atoms with Crippen LogP contribution in [0.1, 0.15) is 43.6 Å². The van der Waals surface area contributed by atoms with Crippen LogP contribution >= 0.6 is 24.0 Å². The molecule has 2 N–H and O–H groups in total. The van der Waals surface area contributed by atoms with Crippen molar-refractivity contribution in [2.75, 3.05) is 13.6 Å². The lowest BCUT2D eigenvalue weighted by Crippen LogP contribution is -2.37. The summed E-state index contributed by atoms with van der Waals surface area (Å²) < 4.78 is 5.84. The van der Waals surface area contributed by atoms with Crippen LogP contribution in [0.4, 0.5) is 0 Å². The van der Waals surface area contributed by atoms with Crippen LogP contribution < -0.4 is 10.6 Å². The maximum absolute atomic E-state index is 5.84. The molecule has 0 aliphatic heterocycles. The Labute approximate surface area is 178 Å². The Morgan fingerprint density at radius 3 is 2.70 bits per heavy atom. The molecule has 1 aromatic heterocycles. The zero-order chi connectivity index (χ0) is 18.2. The first-order valence-electron chi connectivity index (χ1n) is 9.39. The maximum atomic E-state index is 5.84. The average Bonchev–Trinajstić information content (AvgIpc) is 3.15. The Hall–Kier alpha value is -1.83. The summed E-state index contributed by atoms with van der Waals surface area (Å²) in [6.45, 7) is 3.48. The fraction of sp³-hybridized carbons (Fsp3) is 0.429. The summed E-state index contributed by atoms with van der Waals surface area (Å²) in [7, 11) is 1.78. The second-order valence-corrected chi connectivity index (χ2v) is 6.69. The summed E-state index contributed by atoms with van der Waals surface area (Å²) in [6, 6.07) is 8.24. The molecule has 0 unspecified atom stereocenters. The Kier molecular flexibility index (Phi) is 8.84. The molecule has 0 bridgehead atoms. The highest BCUT2D eigenvalue weighted by Crippen LogP contribution is 2.21. The molecule has 0 radical (unpaired) electrons. The van der Waals surface area contributed by atoms with Gasteiger partial charge in [0.05, 0.1) is 12.7 Å². The van der Waals surface area contributed by atoms with E-state index in [-0.39, 0.29) is 24.0 Å². The molecule has 0 fully saturated rings. The third-order valence-electron chi connectivity index (χ3n) is 4.64. The van der Waals surface area contributed by atoms with E-state index in [0.717, 1.165) is 30.2 Å². The standard InChI is InChI=1S/C21H28N4O.HI/c1-16-8-10-18(11-9-16)19-14-24-20(26-19)15-25-21(22-2)23-13-12-17-6-4-3-5-7-17;/h6,8-11,14H,3-5,7,12-13,15H2,1-2H3,(H2,22,23,25);1H. The SMILES string of the molecule is CN=C(NCCC1=CCCCC1)NCc1ncc(-c2ccc(C)cc2)o1.I. The molecule has 5 nitrogen and oxygen atoms in total. The van der Waals surface area contributed by atoms with Gasteiger partial charge in [-0.15, -0.1) is 24.0 Å². The lowest BCUT2D eigenvalue weighted by Gasteiger charge is -2.14. The molecule has 0 atom stereocenters. The van der Waals surface area contributed by atoms with Crippen molar-refractivity contribution >= 4 is 29.9 Å². The van der Waals surface area contributed by atoms with Gasteiger partial charge in [-0.25, -0.2) is 4.98 Å². The van der Waals surface area contributed by atoms with Gasteiger partial charge in [0.15, 0.2) is 11.7 Å². The van der Waals surface area contributed by atoms with Crippen molar-refractivity contribution in [3.05, 3.63) is 53.6 Å². The van der Waals surface area contributed by atoms with Crippen LogP contribution in [-0.4, -0.2) is 24.5 Å². The molecule has 146 valence electrons. The summed E-state index contributed by atoms with van der Waals surface area (Å²) in [5.74, 6) is 2.21. The number of aryl methyl sites for hydroxylation is 1. The van der Waals surface area contributed by atoms with E-state index in [1.165, 1.54) is 31.2 Å². The van der Waals surface area contributed by atoms with Crippen LogP contribution in [0.2, 0.25) is 0 Å². The predicted octanol–water partition coefficient (Wildman–Crippen LogP) is 4.82. The largest absolute Gasteiger partial charge is 0.439 e. The van der Waals surface area contributed by atoms with Crippen molar-refractivity contribution in [2.45, 2.75) is 45.6 Å². The molecule has 0 saturated carbocycles. The number of benzene rings is 1. The smallest absolute Gasteiger partial charge is 0.214 e. The molecule has 2 aromatic rings. The highest BCUT2D eigenvalue weighted by atomic mass is 127. The minimum absolute atomic E-state index is 0. The lowest BCUT2D eigenvalue weighted by atomic mass is 9.97. The number of allylic oxidation sites excluding steroid dienone is 1. The molecule has 3 rings (SSSR count). The Balaban J connectivity index is 0.00000261. The Morgan fingerprint density at radius 2 is 2.00 bits per heavy atom. The van der Waals surface area contributed by atoms with Crippen LogP contribution in [-0.2, 0) is 6.54 Å². The van der Waals surface area contributed by atoms with E-state index >= 15 is 0 Å². The molecular weight excluding hydrogens is 451 g/mol. The fourth-order valence-corrected chi connectivity index (χ4v) is 3.10. The number of nitrogens with zero attached hydrogens (tertiary/aromatic N) is 2. The highest BCUT2D eigenvalue weighted by Gasteiger charge is 2.08. The number of hydrogen-bond acceptors (Lipinski definition) is 3. The molecule has 1 aromatic carbocycles. The minimum atomic E-state index is 0. The number of nitrogens with one attached hydrogen (secondary N) is 2. The fourth-order valence-electron chi connectivity index (χ4n) is 3.10. The van der Waals surface area contributed by atoms with E-state index in [2.05, 4.69) is 45.7 Å². The number of aromatic nitrogens is 1. The van der Waals surface area contributed by atoms with Gasteiger partial charge in [-0.05, 0) is 39.0 Å². The molecule has 6 heteroatoms. The number of guanidine groups is 1. The minimum Gasteiger partial charge on any atom is -0.439 e. The maximum Gasteiger partial charge on any atom is 0.214 e. The third-order valence-corrected chi connectivity index (χ3v) is 4.64. The number of halogens is 1. The zero-order valence-corrected chi connectivity index (χ0v) is 18.5. The van der Waals surface area contributed by atoms with Crippen LogP contribution in [0.25, 0.3) is 11.3 Å². The van der Waals surface area contributed by atoms with Crippen LogP contribution in [0.15, 0.2) is 51.5 Å². The molecule has 0 amide bonds. The van der Waals surface area contributed by atoms with E-state index in [4.69, 9.17) is 4.42 Å². The van der Waals surface area contributed by atoms with E-state index < -0.39 is 0 Å². The topological polar surface area (TPSA) is 62.5 Å². The average molecular weight is 480 g/mol. The number of aliphatic imine (C=N–C) groups is 1. The van der Waals surface area contributed by atoms with Gasteiger partial charge < -0.3 is 15.1 Å². The predicted molar refractivity (Wildman–Crippen MR) is 121 cm³/mol. The summed E-state index contributed by atoms with van der Waals surface area (Å²) in [4.78, 5) is 8.62. The van der Waals surface area contributed by atoms with Crippen molar-refractivity contribution in [3.63, 3.8) is 0 Å². The summed E-state index contributed by atoms with van der Waals surface area (Å²) in [5.41, 5.74) is 3.83. The summed E-state index contributed by atoms with van der Waals surface area (Å²) in [5, 5.41) is 6.62. The van der Waals surface area contributed by atoms with E-state index in [1.807, 2.05) is 12.1 Å². The van der Waals surface area contributed by atoms with Gasteiger partial charge in [0, 0.05) is 19.2 Å². The van der Waals surface area contributed by atoms with Crippen molar-refractivity contribution in [1.29, 1.82) is 0 Å². The Morgan fingerprint density at radius 1 is 1.19 bits per heavy atom.